The first-order valence-electron chi connectivity index (χ1n) is 7.46. The van der Waals surface area contributed by atoms with Crippen LogP contribution in [-0.4, -0.2) is 32.8 Å². The van der Waals surface area contributed by atoms with E-state index >= 15 is 0 Å². The maximum Gasteiger partial charge on any atom is 0.223 e. The topological polar surface area (TPSA) is 81.9 Å². The van der Waals surface area contributed by atoms with Crippen molar-refractivity contribution in [3.05, 3.63) is 35.3 Å². The molecule has 1 amide bonds. The molecule has 1 aromatic carbocycles. The number of para-hydroxylation sites is 1. The van der Waals surface area contributed by atoms with Crippen molar-refractivity contribution in [1.82, 2.24) is 19.7 Å². The van der Waals surface area contributed by atoms with E-state index in [2.05, 4.69) is 20.5 Å². The van der Waals surface area contributed by atoms with Crippen molar-refractivity contribution in [2.75, 3.05) is 12.4 Å². The number of hydrogen-bond acceptors (Lipinski definition) is 7. The Morgan fingerprint density at radius 1 is 1.36 bits per heavy atom. The average Bonchev–Trinajstić information content (AvgIpc) is 3.19. The van der Waals surface area contributed by atoms with E-state index in [0.29, 0.717) is 10.9 Å². The van der Waals surface area contributed by atoms with Gasteiger partial charge >= 0.3 is 0 Å². The van der Waals surface area contributed by atoms with Crippen LogP contribution < -0.4 is 10.1 Å². The number of thiazole rings is 1. The normalized spacial score (nSPS) is 10.7. The molecule has 0 aliphatic heterocycles. The van der Waals surface area contributed by atoms with E-state index in [-0.39, 0.29) is 5.91 Å². The zero-order valence-electron chi connectivity index (χ0n) is 14.0. The van der Waals surface area contributed by atoms with Gasteiger partial charge < -0.3 is 14.6 Å². The summed E-state index contributed by atoms with van der Waals surface area (Å²) in [5.41, 5.74) is 1.79. The summed E-state index contributed by atoms with van der Waals surface area (Å²) in [5.74, 6) is 2.03. The number of thioether (sulfide) groups is 1. The zero-order chi connectivity index (χ0) is 17.8. The van der Waals surface area contributed by atoms with Crippen molar-refractivity contribution < 1.29 is 9.53 Å². The van der Waals surface area contributed by atoms with E-state index in [0.717, 1.165) is 28.0 Å². The van der Waals surface area contributed by atoms with E-state index in [1.54, 1.807) is 18.9 Å². The number of rotatable bonds is 6. The van der Waals surface area contributed by atoms with Gasteiger partial charge in [0, 0.05) is 25.1 Å². The predicted octanol–water partition coefficient (Wildman–Crippen LogP) is 3.20. The van der Waals surface area contributed by atoms with Gasteiger partial charge in [0.25, 0.3) is 0 Å². The molecule has 9 heteroatoms. The molecule has 0 aliphatic rings. The molecule has 7 nitrogen and oxygen atoms in total. The molecule has 0 saturated heterocycles. The third-order valence-corrected chi connectivity index (χ3v) is 5.23. The number of nitrogens with one attached hydrogen (secondary N) is 1. The van der Waals surface area contributed by atoms with Crippen molar-refractivity contribution in [2.45, 2.75) is 17.8 Å². The maximum absolute atomic E-state index is 11.1. The number of anilines is 1. The first kappa shape index (κ1) is 17.4. The van der Waals surface area contributed by atoms with E-state index in [1.807, 2.05) is 41.3 Å². The molecule has 3 aromatic rings. The summed E-state index contributed by atoms with van der Waals surface area (Å²) in [6.07, 6.45) is 0. The number of carbonyl (C=O) groups is 1. The van der Waals surface area contributed by atoms with Gasteiger partial charge in [-0.1, -0.05) is 23.9 Å². The van der Waals surface area contributed by atoms with Crippen LogP contribution in [0.2, 0.25) is 0 Å². The highest BCUT2D eigenvalue weighted by molar-refractivity contribution is 7.98. The summed E-state index contributed by atoms with van der Waals surface area (Å²) in [5, 5.41) is 14.6. The number of amides is 1. The summed E-state index contributed by atoms with van der Waals surface area (Å²) in [6, 6.07) is 7.72. The highest BCUT2D eigenvalue weighted by atomic mass is 32.2. The van der Waals surface area contributed by atoms with Crippen LogP contribution in [0.4, 0.5) is 5.13 Å². The van der Waals surface area contributed by atoms with E-state index in [9.17, 15) is 4.79 Å². The number of methoxy groups -OCH3 is 1. The second-order valence-electron chi connectivity index (χ2n) is 5.18. The lowest BCUT2D eigenvalue weighted by Crippen LogP contribution is -2.05. The fourth-order valence-corrected chi connectivity index (χ4v) is 3.89. The Bertz CT molecular complexity index is 890. The molecule has 130 valence electrons. The Labute approximate surface area is 153 Å². The maximum atomic E-state index is 11.1. The van der Waals surface area contributed by atoms with Crippen LogP contribution in [0.5, 0.6) is 5.75 Å². The van der Waals surface area contributed by atoms with Crippen molar-refractivity contribution in [3.8, 4) is 17.1 Å². The lowest BCUT2D eigenvalue weighted by atomic mass is 10.2. The Morgan fingerprint density at radius 3 is 2.92 bits per heavy atom. The van der Waals surface area contributed by atoms with Gasteiger partial charge in [-0.2, -0.15) is 0 Å². The zero-order valence-corrected chi connectivity index (χ0v) is 15.6. The third kappa shape index (κ3) is 3.99. The van der Waals surface area contributed by atoms with Crippen LogP contribution in [0.25, 0.3) is 11.4 Å². The number of ether oxygens (including phenoxy) is 1. The van der Waals surface area contributed by atoms with E-state index < -0.39 is 0 Å². The van der Waals surface area contributed by atoms with Crippen molar-refractivity contribution in [2.24, 2.45) is 7.05 Å². The molecule has 0 radical (unpaired) electrons. The van der Waals surface area contributed by atoms with Crippen molar-refractivity contribution in [1.29, 1.82) is 0 Å². The number of aromatic nitrogens is 4. The Hall–Kier alpha value is -2.39. The quantitative estimate of drug-likeness (QED) is 0.666. The molecule has 0 spiro atoms. The van der Waals surface area contributed by atoms with Crippen LogP contribution in [0.15, 0.2) is 34.8 Å². The first-order chi connectivity index (χ1) is 12.1. The second-order valence-corrected chi connectivity index (χ2v) is 6.98. The molecular weight excluding hydrogens is 358 g/mol. The van der Waals surface area contributed by atoms with Gasteiger partial charge in [0.1, 0.15) is 5.75 Å². The Kier molecular flexibility index (Phi) is 5.34. The number of benzene rings is 1. The van der Waals surface area contributed by atoms with Gasteiger partial charge in [-0.05, 0) is 12.1 Å². The Morgan fingerprint density at radius 2 is 2.16 bits per heavy atom. The molecule has 1 N–H and O–H groups in total. The molecular formula is C16H17N5O2S2. The molecule has 0 unspecified atom stereocenters. The number of nitrogens with zero attached hydrogens (tertiary/aromatic N) is 4. The summed E-state index contributed by atoms with van der Waals surface area (Å²) >= 11 is 2.95. The van der Waals surface area contributed by atoms with E-state index in [1.165, 1.54) is 18.3 Å². The standard InChI is InChI=1S/C16H17N5O2S2/c1-10(22)17-15-18-11(8-24-15)9-25-16-20-19-14(21(16)2)12-6-4-5-7-13(12)23-3/h4-8H,9H2,1-3H3,(H,17,18,22). The highest BCUT2D eigenvalue weighted by Gasteiger charge is 2.15. The fourth-order valence-electron chi connectivity index (χ4n) is 2.22. The fraction of sp³-hybridized carbons (Fsp3) is 0.250. The molecule has 0 bridgehead atoms. The van der Waals surface area contributed by atoms with Crippen LogP contribution in [0, 0.1) is 0 Å². The third-order valence-electron chi connectivity index (χ3n) is 3.37. The molecule has 3 rings (SSSR count). The molecule has 0 fully saturated rings. The van der Waals surface area contributed by atoms with Gasteiger partial charge in [-0.15, -0.1) is 21.5 Å². The van der Waals surface area contributed by atoms with Crippen LogP contribution in [0.1, 0.15) is 12.6 Å². The summed E-state index contributed by atoms with van der Waals surface area (Å²) in [7, 11) is 3.56. The first-order valence-corrected chi connectivity index (χ1v) is 9.32. The van der Waals surface area contributed by atoms with Crippen molar-refractivity contribution in [3.63, 3.8) is 0 Å². The SMILES string of the molecule is COc1ccccc1-c1nnc(SCc2csc(NC(C)=O)n2)n1C. The monoisotopic (exact) mass is 375 g/mol. The minimum atomic E-state index is -0.122. The summed E-state index contributed by atoms with van der Waals surface area (Å²) < 4.78 is 7.33. The highest BCUT2D eigenvalue weighted by Crippen LogP contribution is 2.31. The lowest BCUT2D eigenvalue weighted by Gasteiger charge is -2.07. The van der Waals surface area contributed by atoms with Gasteiger partial charge in [0.05, 0.1) is 18.4 Å². The molecule has 0 atom stereocenters. The largest absolute Gasteiger partial charge is 0.496 e. The van der Waals surface area contributed by atoms with Crippen LogP contribution >= 0.6 is 23.1 Å². The number of hydrogen-bond donors (Lipinski definition) is 1. The van der Waals surface area contributed by atoms with Crippen LogP contribution in [0.3, 0.4) is 0 Å². The minimum Gasteiger partial charge on any atom is -0.496 e. The molecule has 0 aliphatic carbocycles. The van der Waals surface area contributed by atoms with Crippen LogP contribution in [-0.2, 0) is 17.6 Å². The van der Waals surface area contributed by atoms with E-state index in [4.69, 9.17) is 4.74 Å². The van der Waals surface area contributed by atoms with Gasteiger partial charge in [-0.25, -0.2) is 4.98 Å². The van der Waals surface area contributed by atoms with Gasteiger partial charge in [-0.3, -0.25) is 4.79 Å². The average molecular weight is 375 g/mol. The second kappa shape index (κ2) is 7.66. The molecule has 2 heterocycles. The summed E-state index contributed by atoms with van der Waals surface area (Å²) in [4.78, 5) is 15.4. The van der Waals surface area contributed by atoms with Crippen molar-refractivity contribution >= 4 is 34.1 Å². The number of carbonyl (C=O) groups excluding carboxylic acids is 1. The molecule has 2 aromatic heterocycles. The minimum absolute atomic E-state index is 0.122. The van der Waals surface area contributed by atoms with Gasteiger partial charge in [0.15, 0.2) is 16.1 Å². The lowest BCUT2D eigenvalue weighted by molar-refractivity contribution is -0.114. The summed E-state index contributed by atoms with van der Waals surface area (Å²) in [6.45, 7) is 1.47. The predicted molar refractivity (Wildman–Crippen MR) is 99.0 cm³/mol. The molecule has 25 heavy (non-hydrogen) atoms. The Balaban J connectivity index is 1.73. The van der Waals surface area contributed by atoms with Gasteiger partial charge in [0.2, 0.25) is 5.91 Å². The smallest absolute Gasteiger partial charge is 0.223 e. The molecule has 0 saturated carbocycles.